The summed E-state index contributed by atoms with van der Waals surface area (Å²) >= 11 is 0. The molecule has 1 rings (SSSR count). The molecule has 1 aliphatic carbocycles. The molecule has 0 spiro atoms. The number of hydrogen-bond acceptors (Lipinski definition) is 5. The Morgan fingerprint density at radius 3 is 2.57 bits per heavy atom. The quantitative estimate of drug-likeness (QED) is 0.266. The molecule has 5 atom stereocenters. The molecule has 0 aromatic carbocycles. The first-order valence-electron chi connectivity index (χ1n) is 10.7. The van der Waals surface area contributed by atoms with Crippen molar-refractivity contribution < 1.29 is 24.9 Å². The molecule has 0 radical (unpaired) electrons. The van der Waals surface area contributed by atoms with Gasteiger partial charge < -0.3 is 20.1 Å². The number of hydrogen-bond donors (Lipinski definition) is 3. The van der Waals surface area contributed by atoms with Crippen LogP contribution in [0.1, 0.15) is 72.1 Å². The maximum Gasteiger partial charge on any atom is 0.305 e. The Morgan fingerprint density at radius 2 is 1.93 bits per heavy atom. The van der Waals surface area contributed by atoms with Crippen molar-refractivity contribution in [3.8, 4) is 0 Å². The minimum Gasteiger partial charge on any atom is -0.469 e. The summed E-state index contributed by atoms with van der Waals surface area (Å²) in [4.78, 5) is 11.1. The minimum absolute atomic E-state index is 0.0611. The van der Waals surface area contributed by atoms with Crippen molar-refractivity contribution in [1.82, 2.24) is 0 Å². The second kappa shape index (κ2) is 12.4. The zero-order valence-electron chi connectivity index (χ0n) is 18.0. The van der Waals surface area contributed by atoms with Crippen molar-refractivity contribution >= 4 is 5.97 Å². The van der Waals surface area contributed by atoms with Crippen LogP contribution in [0.4, 0.5) is 0 Å². The first-order chi connectivity index (χ1) is 13.2. The van der Waals surface area contributed by atoms with E-state index in [0.717, 1.165) is 32.1 Å². The molecule has 3 N–H and O–H groups in total. The van der Waals surface area contributed by atoms with Crippen molar-refractivity contribution in [2.24, 2.45) is 17.3 Å². The van der Waals surface area contributed by atoms with Crippen LogP contribution in [-0.2, 0) is 9.53 Å². The van der Waals surface area contributed by atoms with Gasteiger partial charge in [-0.15, -0.1) is 0 Å². The fraction of sp³-hybridized carbons (Fsp3) is 0.783. The molecule has 0 bridgehead atoms. The predicted molar refractivity (Wildman–Crippen MR) is 112 cm³/mol. The standard InChI is InChI=1S/C23H40O5/c1-5-6-15-23(2,3)21(26)14-13-18-17(19(24)16-20(18)25)11-9-7-8-10-12-22(27)28-4/h7,9,13-14,17-21,24-26H,5-6,8,10-12,15-16H2,1-4H3/b9-7-,14-13+/t17-,18-,19+,20-,21-/m1/s1. The third-order valence-corrected chi connectivity index (χ3v) is 5.96. The Labute approximate surface area is 170 Å². The summed E-state index contributed by atoms with van der Waals surface area (Å²) in [5.41, 5.74) is -0.205. The number of carbonyl (C=O) groups is 1. The van der Waals surface area contributed by atoms with Gasteiger partial charge in [-0.1, -0.05) is 57.9 Å². The first-order valence-corrected chi connectivity index (χ1v) is 10.7. The van der Waals surface area contributed by atoms with Crippen molar-refractivity contribution in [1.29, 1.82) is 0 Å². The largest absolute Gasteiger partial charge is 0.469 e. The third kappa shape index (κ3) is 8.06. The van der Waals surface area contributed by atoms with Crippen LogP contribution in [0.2, 0.25) is 0 Å². The molecular weight excluding hydrogens is 356 g/mol. The van der Waals surface area contributed by atoms with Gasteiger partial charge in [0.1, 0.15) is 0 Å². The molecule has 1 saturated carbocycles. The van der Waals surface area contributed by atoms with Crippen molar-refractivity contribution in [2.75, 3.05) is 7.11 Å². The zero-order chi connectivity index (χ0) is 21.2. The summed E-state index contributed by atoms with van der Waals surface area (Å²) in [6, 6.07) is 0. The molecule has 0 aromatic heterocycles. The number of carbonyl (C=O) groups excluding carboxylic acids is 1. The lowest BCUT2D eigenvalue weighted by atomic mass is 9.80. The Kier molecular flexibility index (Phi) is 11.0. The van der Waals surface area contributed by atoms with E-state index in [9.17, 15) is 20.1 Å². The van der Waals surface area contributed by atoms with Gasteiger partial charge in [-0.2, -0.15) is 0 Å². The molecule has 28 heavy (non-hydrogen) atoms. The minimum atomic E-state index is -0.588. The van der Waals surface area contributed by atoms with E-state index in [1.54, 1.807) is 6.08 Å². The highest BCUT2D eigenvalue weighted by Crippen LogP contribution is 2.37. The van der Waals surface area contributed by atoms with Crippen LogP contribution in [-0.4, -0.2) is 46.7 Å². The average molecular weight is 397 g/mol. The number of esters is 1. The Hall–Kier alpha value is -1.17. The number of aliphatic hydroxyl groups is 3. The normalized spacial score (nSPS) is 27.0. The molecule has 0 aliphatic heterocycles. The second-order valence-corrected chi connectivity index (χ2v) is 8.71. The topological polar surface area (TPSA) is 87.0 Å². The lowest BCUT2D eigenvalue weighted by molar-refractivity contribution is -0.140. The highest BCUT2D eigenvalue weighted by molar-refractivity contribution is 5.69. The van der Waals surface area contributed by atoms with Gasteiger partial charge in [0.15, 0.2) is 0 Å². The van der Waals surface area contributed by atoms with Crippen LogP contribution in [0.25, 0.3) is 0 Å². The lowest BCUT2D eigenvalue weighted by Gasteiger charge is -2.29. The second-order valence-electron chi connectivity index (χ2n) is 8.71. The number of methoxy groups -OCH3 is 1. The number of ether oxygens (including phenoxy) is 1. The van der Waals surface area contributed by atoms with Gasteiger partial charge in [0, 0.05) is 18.8 Å². The van der Waals surface area contributed by atoms with Gasteiger partial charge in [0.2, 0.25) is 0 Å². The van der Waals surface area contributed by atoms with Gasteiger partial charge in [-0.25, -0.2) is 0 Å². The third-order valence-electron chi connectivity index (χ3n) is 5.96. The summed E-state index contributed by atoms with van der Waals surface area (Å²) in [6.07, 6.45) is 12.1. The molecular formula is C23H40O5. The highest BCUT2D eigenvalue weighted by Gasteiger charge is 2.39. The van der Waals surface area contributed by atoms with E-state index < -0.39 is 18.3 Å². The van der Waals surface area contributed by atoms with Crippen LogP contribution >= 0.6 is 0 Å². The summed E-state index contributed by atoms with van der Waals surface area (Å²) in [6.45, 7) is 6.26. The van der Waals surface area contributed by atoms with E-state index >= 15 is 0 Å². The fourth-order valence-electron chi connectivity index (χ4n) is 3.82. The molecule has 162 valence electrons. The molecule has 0 saturated heterocycles. The first kappa shape index (κ1) is 24.9. The van der Waals surface area contributed by atoms with Gasteiger partial charge in [0.05, 0.1) is 25.4 Å². The maximum absolute atomic E-state index is 11.1. The van der Waals surface area contributed by atoms with E-state index in [-0.39, 0.29) is 23.2 Å². The summed E-state index contributed by atoms with van der Waals surface area (Å²) in [5, 5.41) is 31.2. The van der Waals surface area contributed by atoms with E-state index in [2.05, 4.69) is 25.5 Å². The average Bonchev–Trinajstić information content (AvgIpc) is 2.93. The number of unbranched alkanes of at least 4 members (excludes halogenated alkanes) is 2. The molecule has 0 unspecified atom stereocenters. The lowest BCUT2D eigenvalue weighted by Crippen LogP contribution is -2.28. The number of aliphatic hydroxyl groups excluding tert-OH is 3. The molecule has 5 heteroatoms. The van der Waals surface area contributed by atoms with Crippen LogP contribution in [0.15, 0.2) is 24.3 Å². The fourth-order valence-corrected chi connectivity index (χ4v) is 3.82. The summed E-state index contributed by atoms with van der Waals surface area (Å²) in [7, 11) is 1.39. The van der Waals surface area contributed by atoms with Crippen LogP contribution in [0.3, 0.4) is 0 Å². The van der Waals surface area contributed by atoms with Gasteiger partial charge in [0.25, 0.3) is 0 Å². The van der Waals surface area contributed by atoms with E-state index in [1.807, 2.05) is 18.2 Å². The van der Waals surface area contributed by atoms with Crippen LogP contribution < -0.4 is 0 Å². The van der Waals surface area contributed by atoms with Crippen molar-refractivity contribution in [3.63, 3.8) is 0 Å². The van der Waals surface area contributed by atoms with Crippen LogP contribution in [0, 0.1) is 17.3 Å². The van der Waals surface area contributed by atoms with Crippen LogP contribution in [0.5, 0.6) is 0 Å². The maximum atomic E-state index is 11.1. The van der Waals surface area contributed by atoms with Gasteiger partial charge in [-0.3, -0.25) is 4.79 Å². The Balaban J connectivity index is 2.59. The number of allylic oxidation sites excluding steroid dienone is 2. The monoisotopic (exact) mass is 396 g/mol. The van der Waals surface area contributed by atoms with Crippen molar-refractivity contribution in [2.45, 2.75) is 90.4 Å². The van der Waals surface area contributed by atoms with E-state index in [0.29, 0.717) is 19.3 Å². The van der Waals surface area contributed by atoms with Gasteiger partial charge >= 0.3 is 5.97 Å². The smallest absolute Gasteiger partial charge is 0.305 e. The summed E-state index contributed by atoms with van der Waals surface area (Å²) < 4.78 is 4.62. The summed E-state index contributed by atoms with van der Waals surface area (Å²) in [5.74, 6) is -0.422. The predicted octanol–water partition coefficient (Wildman–Crippen LogP) is 3.77. The van der Waals surface area contributed by atoms with Crippen molar-refractivity contribution in [3.05, 3.63) is 24.3 Å². The SMILES string of the molecule is CCCCC(C)(C)[C@H](O)/C=C/[C@@H]1[C@@H](C/C=C\CCCC(=O)OC)[C@@H](O)C[C@H]1O. The Morgan fingerprint density at radius 1 is 1.21 bits per heavy atom. The molecule has 0 aromatic rings. The van der Waals surface area contributed by atoms with Gasteiger partial charge in [-0.05, 0) is 37.0 Å². The molecule has 5 nitrogen and oxygen atoms in total. The zero-order valence-corrected chi connectivity index (χ0v) is 18.0. The van der Waals surface area contributed by atoms with E-state index in [4.69, 9.17) is 0 Å². The molecule has 1 fully saturated rings. The molecule has 0 heterocycles. The van der Waals surface area contributed by atoms with E-state index in [1.165, 1.54) is 7.11 Å². The molecule has 0 amide bonds. The number of rotatable bonds is 12. The highest BCUT2D eigenvalue weighted by atomic mass is 16.5. The molecule has 1 aliphatic rings. The Bertz CT molecular complexity index is 511.